The van der Waals surface area contributed by atoms with Gasteiger partial charge in [0.2, 0.25) is 0 Å². The molecule has 0 heterocycles. The van der Waals surface area contributed by atoms with Crippen LogP contribution in [0.25, 0.3) is 0 Å². The van der Waals surface area contributed by atoms with Crippen LogP contribution in [0.4, 0.5) is 0 Å². The third-order valence-corrected chi connectivity index (χ3v) is 2.11. The quantitative estimate of drug-likeness (QED) is 0.525. The maximum absolute atomic E-state index is 8.58. The van der Waals surface area contributed by atoms with Crippen LogP contribution in [0.15, 0.2) is 0 Å². The van der Waals surface area contributed by atoms with Crippen LogP contribution in [0.5, 0.6) is 0 Å². The van der Waals surface area contributed by atoms with E-state index in [4.69, 9.17) is 9.79 Å². The highest BCUT2D eigenvalue weighted by Gasteiger charge is 2.29. The second-order valence-corrected chi connectivity index (χ2v) is 3.49. The van der Waals surface area contributed by atoms with Crippen molar-refractivity contribution in [2.24, 2.45) is 0 Å². The Morgan fingerprint density at radius 3 is 2.00 bits per heavy atom. The molecule has 0 amide bonds. The van der Waals surface area contributed by atoms with Crippen molar-refractivity contribution in [2.45, 2.75) is 6.92 Å². The summed E-state index contributed by atoms with van der Waals surface area (Å²) in [6, 6.07) is 0. The van der Waals surface area contributed by atoms with Gasteiger partial charge in [-0.3, -0.25) is 0 Å². The zero-order valence-corrected chi connectivity index (χ0v) is 5.35. The van der Waals surface area contributed by atoms with Crippen molar-refractivity contribution in [1.29, 1.82) is 0 Å². The molecule has 44 valence electrons. The van der Waals surface area contributed by atoms with Crippen molar-refractivity contribution in [3.05, 3.63) is 0 Å². The standard InChI is InChI=1S/C3H10O3P/c1-3-7(4,5)6-2/h4-5H,3H2,1-2H3/q+1. The van der Waals surface area contributed by atoms with Gasteiger partial charge in [-0.15, -0.1) is 0 Å². The minimum Gasteiger partial charge on any atom is -0.193 e. The van der Waals surface area contributed by atoms with Gasteiger partial charge in [-0.05, 0) is 6.92 Å². The van der Waals surface area contributed by atoms with E-state index in [-0.39, 0.29) is 0 Å². The number of rotatable bonds is 2. The molecule has 0 aliphatic carbocycles. The highest BCUT2D eigenvalue weighted by atomic mass is 31.2. The molecule has 0 saturated heterocycles. The van der Waals surface area contributed by atoms with Crippen LogP contribution in [-0.2, 0) is 4.52 Å². The molecule has 0 bridgehead atoms. The fraction of sp³-hybridized carbons (Fsp3) is 1.00. The monoisotopic (exact) mass is 125 g/mol. The van der Waals surface area contributed by atoms with Gasteiger partial charge in [-0.1, -0.05) is 0 Å². The van der Waals surface area contributed by atoms with Gasteiger partial charge in [-0.2, -0.15) is 14.3 Å². The van der Waals surface area contributed by atoms with E-state index in [1.54, 1.807) is 6.92 Å². The highest BCUT2D eigenvalue weighted by Crippen LogP contribution is 2.49. The Morgan fingerprint density at radius 2 is 2.00 bits per heavy atom. The Labute approximate surface area is 43.5 Å². The van der Waals surface area contributed by atoms with Crippen molar-refractivity contribution in [3.8, 4) is 0 Å². The van der Waals surface area contributed by atoms with Gasteiger partial charge in [0.1, 0.15) is 6.16 Å². The van der Waals surface area contributed by atoms with Gasteiger partial charge in [0, 0.05) is 0 Å². The Kier molecular flexibility index (Phi) is 2.69. The first-order valence-corrected chi connectivity index (χ1v) is 3.81. The van der Waals surface area contributed by atoms with Gasteiger partial charge in [0.25, 0.3) is 0 Å². The van der Waals surface area contributed by atoms with Crippen LogP contribution >= 0.6 is 7.94 Å². The molecule has 0 radical (unpaired) electrons. The molecule has 0 saturated carbocycles. The fourth-order valence-electron chi connectivity index (χ4n) is 0.129. The molecule has 0 fully saturated rings. The molecule has 0 aromatic rings. The maximum atomic E-state index is 8.58. The van der Waals surface area contributed by atoms with Crippen LogP contribution in [0.1, 0.15) is 6.92 Å². The topological polar surface area (TPSA) is 49.7 Å². The van der Waals surface area contributed by atoms with E-state index >= 15 is 0 Å². The average molecular weight is 125 g/mol. The molecule has 0 aromatic heterocycles. The summed E-state index contributed by atoms with van der Waals surface area (Å²) >= 11 is 0. The first-order valence-electron chi connectivity index (χ1n) is 2.01. The minimum absolute atomic E-state index is 0.295. The zero-order valence-electron chi connectivity index (χ0n) is 4.46. The van der Waals surface area contributed by atoms with Gasteiger partial charge in [0.05, 0.1) is 7.11 Å². The summed E-state index contributed by atoms with van der Waals surface area (Å²) in [6.45, 7) is 1.66. The molecule has 0 aromatic carbocycles. The molecule has 0 atom stereocenters. The Hall–Kier alpha value is 0.310. The first-order chi connectivity index (χ1) is 3.12. The SMILES string of the molecule is CC[P+](O)(O)OC. The highest BCUT2D eigenvalue weighted by molar-refractivity contribution is 7.59. The summed E-state index contributed by atoms with van der Waals surface area (Å²) in [5.74, 6) is 0. The maximum Gasteiger partial charge on any atom is 0.405 e. The predicted octanol–water partition coefficient (Wildman–Crippen LogP) is 0.400. The van der Waals surface area contributed by atoms with E-state index in [1.807, 2.05) is 0 Å². The zero-order chi connectivity index (χ0) is 5.91. The summed E-state index contributed by atoms with van der Waals surface area (Å²) in [4.78, 5) is 17.2. The van der Waals surface area contributed by atoms with E-state index in [1.165, 1.54) is 7.11 Å². The molecule has 0 spiro atoms. The molecule has 0 aliphatic heterocycles. The van der Waals surface area contributed by atoms with Gasteiger partial charge in [0.15, 0.2) is 0 Å². The van der Waals surface area contributed by atoms with Crippen LogP contribution < -0.4 is 0 Å². The van der Waals surface area contributed by atoms with E-state index < -0.39 is 7.94 Å². The van der Waals surface area contributed by atoms with Crippen LogP contribution in [0, 0.1) is 0 Å². The van der Waals surface area contributed by atoms with Gasteiger partial charge >= 0.3 is 7.94 Å². The summed E-state index contributed by atoms with van der Waals surface area (Å²) in [6.07, 6.45) is 0.295. The molecule has 7 heavy (non-hydrogen) atoms. The number of hydrogen-bond acceptors (Lipinski definition) is 3. The second-order valence-electron chi connectivity index (χ2n) is 1.16. The van der Waals surface area contributed by atoms with Crippen LogP contribution in [0.2, 0.25) is 0 Å². The molecular formula is C3H10O3P+. The molecule has 3 nitrogen and oxygen atoms in total. The van der Waals surface area contributed by atoms with E-state index in [9.17, 15) is 0 Å². The lowest BCUT2D eigenvalue weighted by atomic mass is 11.0. The van der Waals surface area contributed by atoms with Crippen molar-refractivity contribution >= 4 is 7.94 Å². The lowest BCUT2D eigenvalue weighted by Gasteiger charge is -2.02. The summed E-state index contributed by atoms with van der Waals surface area (Å²) in [7, 11) is -1.62. The van der Waals surface area contributed by atoms with E-state index in [0.29, 0.717) is 6.16 Å². The normalized spacial score (nSPS) is 12.0. The van der Waals surface area contributed by atoms with Gasteiger partial charge < -0.3 is 0 Å². The molecule has 4 heteroatoms. The van der Waals surface area contributed by atoms with E-state index in [0.717, 1.165) is 0 Å². The smallest absolute Gasteiger partial charge is 0.193 e. The largest absolute Gasteiger partial charge is 0.405 e. The molecule has 0 unspecified atom stereocenters. The minimum atomic E-state index is -2.90. The first kappa shape index (κ1) is 7.31. The van der Waals surface area contributed by atoms with Crippen molar-refractivity contribution in [1.82, 2.24) is 0 Å². The lowest BCUT2D eigenvalue weighted by molar-refractivity contribution is 0.280. The Balaban J connectivity index is 3.36. The Morgan fingerprint density at radius 1 is 1.57 bits per heavy atom. The lowest BCUT2D eigenvalue weighted by Crippen LogP contribution is -1.93. The summed E-state index contributed by atoms with van der Waals surface area (Å²) in [5.41, 5.74) is 0. The third kappa shape index (κ3) is 2.94. The summed E-state index contributed by atoms with van der Waals surface area (Å²) < 4.78 is 4.31. The second kappa shape index (κ2) is 2.58. The van der Waals surface area contributed by atoms with Crippen molar-refractivity contribution < 1.29 is 14.3 Å². The Bertz CT molecular complexity index is 48.1. The predicted molar refractivity (Wildman–Crippen MR) is 28.9 cm³/mol. The molecule has 0 aliphatic rings. The van der Waals surface area contributed by atoms with Crippen molar-refractivity contribution in [3.63, 3.8) is 0 Å². The fourth-order valence-corrected chi connectivity index (χ4v) is 0.387. The molecule has 2 N–H and O–H groups in total. The van der Waals surface area contributed by atoms with Crippen LogP contribution in [0.3, 0.4) is 0 Å². The number of hydrogen-bond donors (Lipinski definition) is 2. The third-order valence-electron chi connectivity index (χ3n) is 0.704. The van der Waals surface area contributed by atoms with E-state index in [2.05, 4.69) is 4.52 Å². The molecule has 0 rings (SSSR count). The van der Waals surface area contributed by atoms with Crippen LogP contribution in [-0.4, -0.2) is 23.1 Å². The van der Waals surface area contributed by atoms with Gasteiger partial charge in [-0.25, -0.2) is 0 Å². The van der Waals surface area contributed by atoms with Crippen molar-refractivity contribution in [2.75, 3.05) is 13.3 Å². The summed E-state index contributed by atoms with van der Waals surface area (Å²) in [5, 5.41) is 0. The molecular weight excluding hydrogens is 115 g/mol. The average Bonchev–Trinajstić information content (AvgIpc) is 1.68.